The molecule has 0 saturated carbocycles. The Balaban J connectivity index is 3.21. The van der Waals surface area contributed by atoms with E-state index in [0.29, 0.717) is 0 Å². The number of nitrogens with one attached hydrogen (secondary N) is 1. The van der Waals surface area contributed by atoms with E-state index in [9.17, 15) is 9.59 Å². The van der Waals surface area contributed by atoms with Crippen molar-refractivity contribution in [2.45, 2.75) is 13.8 Å². The van der Waals surface area contributed by atoms with Crippen molar-refractivity contribution >= 4 is 11.9 Å². The highest BCUT2D eigenvalue weighted by molar-refractivity contribution is 5.90. The van der Waals surface area contributed by atoms with Crippen molar-refractivity contribution in [1.82, 2.24) is 9.97 Å². The fraction of sp³-hybridized carbons (Fsp3) is 0.375. The number of rotatable bonds is 2. The molecule has 0 aromatic carbocycles. The number of carbonyl (C=O) groups is 1. The van der Waals surface area contributed by atoms with Crippen molar-refractivity contribution in [3.05, 3.63) is 21.6 Å². The highest BCUT2D eigenvalue weighted by Gasteiger charge is 2.16. The number of ether oxygens (including phenoxy) is 1. The molecule has 0 fully saturated rings. The molecule has 0 aliphatic carbocycles. The summed E-state index contributed by atoms with van der Waals surface area (Å²) < 4.78 is 4.69. The van der Waals surface area contributed by atoms with Gasteiger partial charge in [-0.25, -0.2) is 9.78 Å². The zero-order valence-electron chi connectivity index (χ0n) is 7.96. The van der Waals surface area contributed by atoms with Crippen LogP contribution < -0.4 is 11.3 Å². The minimum absolute atomic E-state index is 0.0134. The van der Waals surface area contributed by atoms with Crippen LogP contribution in [0.15, 0.2) is 4.79 Å². The number of nitrogen functional groups attached to an aromatic ring is 1. The van der Waals surface area contributed by atoms with E-state index < -0.39 is 11.5 Å². The van der Waals surface area contributed by atoms with Crippen LogP contribution in [0.4, 0.5) is 5.95 Å². The first-order valence-electron chi connectivity index (χ1n) is 4.09. The monoisotopic (exact) mass is 197 g/mol. The van der Waals surface area contributed by atoms with Crippen LogP contribution in [0, 0.1) is 6.92 Å². The second-order valence-electron chi connectivity index (χ2n) is 2.63. The predicted octanol–water partition coefficient (Wildman–Crippen LogP) is -0.163. The van der Waals surface area contributed by atoms with Gasteiger partial charge in [-0.05, 0) is 13.8 Å². The van der Waals surface area contributed by atoms with Gasteiger partial charge in [0.15, 0.2) is 0 Å². The van der Waals surface area contributed by atoms with Gasteiger partial charge in [-0.2, -0.15) is 0 Å². The summed E-state index contributed by atoms with van der Waals surface area (Å²) in [5.74, 6) is -0.695. The van der Waals surface area contributed by atoms with Gasteiger partial charge in [0.25, 0.3) is 5.56 Å². The average molecular weight is 197 g/mol. The van der Waals surface area contributed by atoms with Crippen LogP contribution in [0.3, 0.4) is 0 Å². The molecule has 1 heterocycles. The molecule has 76 valence electrons. The summed E-state index contributed by atoms with van der Waals surface area (Å²) in [6.45, 7) is 3.39. The Hall–Kier alpha value is -1.85. The Morgan fingerprint density at radius 1 is 1.64 bits per heavy atom. The van der Waals surface area contributed by atoms with E-state index in [1.54, 1.807) is 6.92 Å². The molecule has 14 heavy (non-hydrogen) atoms. The van der Waals surface area contributed by atoms with Gasteiger partial charge in [0, 0.05) is 0 Å². The van der Waals surface area contributed by atoms with Crippen molar-refractivity contribution in [3.8, 4) is 0 Å². The van der Waals surface area contributed by atoms with E-state index in [1.165, 1.54) is 6.92 Å². The highest BCUT2D eigenvalue weighted by atomic mass is 16.5. The van der Waals surface area contributed by atoms with E-state index in [4.69, 9.17) is 5.73 Å². The molecule has 0 atom stereocenters. The predicted molar refractivity (Wildman–Crippen MR) is 50.0 cm³/mol. The fourth-order valence-electron chi connectivity index (χ4n) is 1.05. The van der Waals surface area contributed by atoms with Crippen LogP contribution in [0.2, 0.25) is 0 Å². The minimum atomic E-state index is -0.682. The number of aryl methyl sites for hydroxylation is 1. The quantitative estimate of drug-likeness (QED) is 0.642. The molecule has 0 amide bonds. The van der Waals surface area contributed by atoms with Crippen molar-refractivity contribution in [1.29, 1.82) is 0 Å². The number of H-pyrrole nitrogens is 1. The van der Waals surface area contributed by atoms with Crippen LogP contribution in [0.5, 0.6) is 0 Å². The second kappa shape index (κ2) is 3.91. The van der Waals surface area contributed by atoms with E-state index in [2.05, 4.69) is 14.7 Å². The Kier molecular flexibility index (Phi) is 2.85. The smallest absolute Gasteiger partial charge is 0.345 e. The molecule has 6 nitrogen and oxygen atoms in total. The van der Waals surface area contributed by atoms with Gasteiger partial charge < -0.3 is 10.5 Å². The zero-order chi connectivity index (χ0) is 10.7. The SMILES string of the molecule is CCOC(=O)c1c(C)nc(N)[nH]c1=O. The van der Waals surface area contributed by atoms with Crippen molar-refractivity contribution in [2.75, 3.05) is 12.3 Å². The van der Waals surface area contributed by atoms with Crippen LogP contribution >= 0.6 is 0 Å². The third kappa shape index (κ3) is 1.90. The molecule has 0 aliphatic rings. The number of anilines is 1. The number of carbonyl (C=O) groups excluding carboxylic acids is 1. The average Bonchev–Trinajstić information content (AvgIpc) is 2.01. The van der Waals surface area contributed by atoms with E-state index >= 15 is 0 Å². The van der Waals surface area contributed by atoms with Gasteiger partial charge in [0.1, 0.15) is 5.56 Å². The van der Waals surface area contributed by atoms with Gasteiger partial charge >= 0.3 is 5.97 Å². The fourth-order valence-corrected chi connectivity index (χ4v) is 1.05. The third-order valence-electron chi connectivity index (χ3n) is 1.60. The number of nitrogens with zero attached hydrogens (tertiary/aromatic N) is 1. The first kappa shape index (κ1) is 10.2. The molecule has 0 unspecified atom stereocenters. The van der Waals surface area contributed by atoms with Crippen molar-refractivity contribution < 1.29 is 9.53 Å². The molecule has 0 saturated heterocycles. The molecular weight excluding hydrogens is 186 g/mol. The number of esters is 1. The van der Waals surface area contributed by atoms with Crippen LogP contribution in [0.25, 0.3) is 0 Å². The molecule has 1 rings (SSSR count). The molecule has 0 spiro atoms. The van der Waals surface area contributed by atoms with Crippen molar-refractivity contribution in [3.63, 3.8) is 0 Å². The standard InChI is InChI=1S/C8H11N3O3/c1-3-14-7(13)5-4(2)10-8(9)11-6(5)12/h3H2,1-2H3,(H3,9,10,11,12). The molecule has 3 N–H and O–H groups in total. The molecule has 0 bridgehead atoms. The van der Waals surface area contributed by atoms with Gasteiger partial charge in [0.2, 0.25) is 5.95 Å². The second-order valence-corrected chi connectivity index (χ2v) is 2.63. The normalized spacial score (nSPS) is 9.86. The maximum Gasteiger partial charge on any atom is 0.345 e. The van der Waals surface area contributed by atoms with Crippen molar-refractivity contribution in [2.24, 2.45) is 0 Å². The zero-order valence-corrected chi connectivity index (χ0v) is 7.96. The lowest BCUT2D eigenvalue weighted by Crippen LogP contribution is -2.23. The number of hydrogen-bond acceptors (Lipinski definition) is 5. The summed E-state index contributed by atoms with van der Waals surface area (Å²) in [6, 6.07) is 0. The molecule has 1 aromatic heterocycles. The Bertz CT molecular complexity index is 411. The van der Waals surface area contributed by atoms with E-state index in [-0.39, 0.29) is 23.8 Å². The maximum atomic E-state index is 11.3. The molecule has 1 aromatic rings. The number of aromatic nitrogens is 2. The van der Waals surface area contributed by atoms with E-state index in [1.807, 2.05) is 0 Å². The number of aromatic amines is 1. The molecule has 0 radical (unpaired) electrons. The largest absolute Gasteiger partial charge is 0.462 e. The first-order chi connectivity index (χ1) is 6.56. The van der Waals surface area contributed by atoms with Crippen LogP contribution in [0.1, 0.15) is 23.0 Å². The van der Waals surface area contributed by atoms with Gasteiger partial charge in [-0.1, -0.05) is 0 Å². The third-order valence-corrected chi connectivity index (χ3v) is 1.60. The summed E-state index contributed by atoms with van der Waals surface area (Å²) in [5.41, 5.74) is 4.88. The highest BCUT2D eigenvalue weighted by Crippen LogP contribution is 2.01. The Morgan fingerprint density at radius 3 is 2.79 bits per heavy atom. The lowest BCUT2D eigenvalue weighted by Gasteiger charge is -2.03. The van der Waals surface area contributed by atoms with E-state index in [0.717, 1.165) is 0 Å². The first-order valence-corrected chi connectivity index (χ1v) is 4.09. The van der Waals surface area contributed by atoms with Gasteiger partial charge in [0.05, 0.1) is 12.3 Å². The Morgan fingerprint density at radius 2 is 2.29 bits per heavy atom. The summed E-state index contributed by atoms with van der Waals surface area (Å²) in [7, 11) is 0. The summed E-state index contributed by atoms with van der Waals surface area (Å²) >= 11 is 0. The topological polar surface area (TPSA) is 98.1 Å². The molecule has 0 aliphatic heterocycles. The van der Waals surface area contributed by atoms with Crippen LogP contribution in [-0.4, -0.2) is 22.5 Å². The number of hydrogen-bond donors (Lipinski definition) is 2. The van der Waals surface area contributed by atoms with Gasteiger partial charge in [-0.3, -0.25) is 9.78 Å². The molecule has 6 heteroatoms. The lowest BCUT2D eigenvalue weighted by atomic mass is 10.2. The summed E-state index contributed by atoms with van der Waals surface area (Å²) in [4.78, 5) is 28.6. The Labute approximate surface area is 80.1 Å². The minimum Gasteiger partial charge on any atom is -0.462 e. The summed E-state index contributed by atoms with van der Waals surface area (Å²) in [6.07, 6.45) is 0. The maximum absolute atomic E-state index is 11.3. The lowest BCUT2D eigenvalue weighted by molar-refractivity contribution is 0.0523. The summed E-state index contributed by atoms with van der Waals surface area (Å²) in [5, 5.41) is 0. The molecular formula is C8H11N3O3. The number of nitrogens with two attached hydrogens (primary N) is 1. The van der Waals surface area contributed by atoms with Crippen LogP contribution in [-0.2, 0) is 4.74 Å². The van der Waals surface area contributed by atoms with Gasteiger partial charge in [-0.15, -0.1) is 0 Å².